The summed E-state index contributed by atoms with van der Waals surface area (Å²) in [6, 6.07) is 28.6. The number of hydrogen-bond acceptors (Lipinski definition) is 0. The first-order chi connectivity index (χ1) is 13.2. The van der Waals surface area contributed by atoms with Gasteiger partial charge in [0.05, 0.1) is 8.07 Å². The van der Waals surface area contributed by atoms with Gasteiger partial charge < -0.3 is 0 Å². The van der Waals surface area contributed by atoms with Crippen LogP contribution < -0.4 is 10.4 Å². The molecule has 28 heavy (non-hydrogen) atoms. The van der Waals surface area contributed by atoms with Crippen molar-refractivity contribution in [2.24, 2.45) is 0 Å². The summed E-state index contributed by atoms with van der Waals surface area (Å²) >= 11 is 0. The molecule has 0 nitrogen and oxygen atoms in total. The first-order valence-electron chi connectivity index (χ1n) is 9.80. The van der Waals surface area contributed by atoms with E-state index in [1.165, 1.54) is 21.1 Å². The summed E-state index contributed by atoms with van der Waals surface area (Å²) in [4.78, 5) is 0. The molecule has 3 aromatic carbocycles. The topological polar surface area (TPSA) is 0 Å². The van der Waals surface area contributed by atoms with E-state index < -0.39 is 16.1 Å². The summed E-state index contributed by atoms with van der Waals surface area (Å²) in [5, 5.41) is 4.12. The van der Waals surface area contributed by atoms with Crippen LogP contribution in [0.4, 0.5) is 4.39 Å². The molecule has 0 spiro atoms. The predicted octanol–water partition coefficient (Wildman–Crippen LogP) is 5.78. The fourth-order valence-corrected chi connectivity index (χ4v) is 11.9. The molecule has 1 unspecified atom stereocenters. The van der Waals surface area contributed by atoms with Crippen LogP contribution in [0, 0.1) is 5.82 Å². The molecule has 3 aromatic rings. The van der Waals surface area contributed by atoms with Crippen molar-refractivity contribution in [1.82, 2.24) is 0 Å². The van der Waals surface area contributed by atoms with E-state index in [1.54, 1.807) is 12.1 Å². The van der Waals surface area contributed by atoms with Crippen molar-refractivity contribution in [3.8, 4) is 0 Å². The molecule has 0 amide bonds. The van der Waals surface area contributed by atoms with Crippen molar-refractivity contribution in [3.05, 3.63) is 108 Å². The molecule has 0 heterocycles. The standard InChI is InChI=1S/C25H29FSi2/c1-20(27(2,3)23-12-8-6-9-13-23)25(21-16-18-22(26)19-17-21)28(4,5)24-14-10-7-11-15-24/h6-19,25H,1H2,2-5H3. The quantitative estimate of drug-likeness (QED) is 0.457. The smallest absolute Gasteiger partial charge is 0.123 e. The van der Waals surface area contributed by atoms with Gasteiger partial charge in [-0.3, -0.25) is 0 Å². The van der Waals surface area contributed by atoms with Crippen LogP contribution in [0.15, 0.2) is 96.7 Å². The minimum Gasteiger partial charge on any atom is -0.207 e. The average Bonchev–Trinajstić information content (AvgIpc) is 2.70. The zero-order valence-electron chi connectivity index (χ0n) is 17.2. The lowest BCUT2D eigenvalue weighted by molar-refractivity contribution is 0.627. The van der Waals surface area contributed by atoms with Crippen molar-refractivity contribution in [3.63, 3.8) is 0 Å². The molecule has 0 aliphatic heterocycles. The van der Waals surface area contributed by atoms with E-state index in [0.717, 1.165) is 0 Å². The van der Waals surface area contributed by atoms with E-state index in [1.807, 2.05) is 12.1 Å². The van der Waals surface area contributed by atoms with Crippen LogP contribution in [0.2, 0.25) is 26.2 Å². The Balaban J connectivity index is 2.14. The second kappa shape index (κ2) is 8.02. The third-order valence-corrected chi connectivity index (χ3v) is 14.0. The molecule has 0 radical (unpaired) electrons. The number of benzene rings is 3. The van der Waals surface area contributed by atoms with Crippen molar-refractivity contribution in [2.45, 2.75) is 31.7 Å². The SMILES string of the molecule is C=C(C(c1ccc(F)cc1)[Si](C)(C)c1ccccc1)[Si](C)(C)c1ccccc1. The van der Waals surface area contributed by atoms with Gasteiger partial charge in [0.1, 0.15) is 13.9 Å². The maximum Gasteiger partial charge on any atom is 0.123 e. The van der Waals surface area contributed by atoms with Gasteiger partial charge in [0, 0.05) is 5.54 Å². The monoisotopic (exact) mass is 404 g/mol. The van der Waals surface area contributed by atoms with Crippen LogP contribution >= 0.6 is 0 Å². The Labute approximate surface area is 170 Å². The predicted molar refractivity (Wildman–Crippen MR) is 125 cm³/mol. The van der Waals surface area contributed by atoms with E-state index in [9.17, 15) is 4.39 Å². The van der Waals surface area contributed by atoms with Crippen molar-refractivity contribution < 1.29 is 4.39 Å². The van der Waals surface area contributed by atoms with Gasteiger partial charge in [-0.25, -0.2) is 4.39 Å². The molecule has 3 rings (SSSR count). The maximum atomic E-state index is 13.7. The van der Waals surface area contributed by atoms with E-state index >= 15 is 0 Å². The van der Waals surface area contributed by atoms with Crippen LogP contribution in [0.3, 0.4) is 0 Å². The molecule has 0 aromatic heterocycles. The summed E-state index contributed by atoms with van der Waals surface area (Å²) in [5.74, 6) is -0.188. The highest BCUT2D eigenvalue weighted by Gasteiger charge is 2.42. The molecule has 3 heteroatoms. The molecule has 1 atom stereocenters. The molecule has 0 aliphatic carbocycles. The van der Waals surface area contributed by atoms with E-state index in [0.29, 0.717) is 0 Å². The van der Waals surface area contributed by atoms with E-state index in [4.69, 9.17) is 6.58 Å². The highest BCUT2D eigenvalue weighted by Crippen LogP contribution is 2.37. The first-order valence-corrected chi connectivity index (χ1v) is 15.9. The largest absolute Gasteiger partial charge is 0.207 e. The molecule has 0 N–H and O–H groups in total. The third kappa shape index (κ3) is 3.96. The molecular formula is C25H29FSi2. The second-order valence-electron chi connectivity index (χ2n) is 8.59. The molecule has 0 saturated heterocycles. The van der Waals surface area contributed by atoms with Gasteiger partial charge >= 0.3 is 0 Å². The minimum atomic E-state index is -1.96. The van der Waals surface area contributed by atoms with Gasteiger partial charge in [0.2, 0.25) is 0 Å². The fourth-order valence-electron chi connectivity index (χ4n) is 4.14. The first kappa shape index (κ1) is 20.5. The molecule has 144 valence electrons. The molecular weight excluding hydrogens is 375 g/mol. The second-order valence-corrected chi connectivity index (χ2v) is 17.7. The normalized spacial score (nSPS) is 13.2. The summed E-state index contributed by atoms with van der Waals surface area (Å²) in [7, 11) is -3.90. The van der Waals surface area contributed by atoms with Crippen LogP contribution in [-0.2, 0) is 0 Å². The number of allylic oxidation sites excluding steroid dienone is 1. The van der Waals surface area contributed by atoms with Gasteiger partial charge in [-0.05, 0) is 17.7 Å². The summed E-state index contributed by atoms with van der Waals surface area (Å²) < 4.78 is 13.7. The summed E-state index contributed by atoms with van der Waals surface area (Å²) in [6.07, 6.45) is 0. The lowest BCUT2D eigenvalue weighted by atomic mass is 10.1. The Morgan fingerprint density at radius 3 is 1.68 bits per heavy atom. The maximum absolute atomic E-state index is 13.7. The average molecular weight is 405 g/mol. The Kier molecular flexibility index (Phi) is 5.87. The van der Waals surface area contributed by atoms with Crippen LogP contribution in [-0.4, -0.2) is 16.1 Å². The molecule has 0 fully saturated rings. The van der Waals surface area contributed by atoms with Crippen molar-refractivity contribution >= 4 is 26.5 Å². The van der Waals surface area contributed by atoms with Gasteiger partial charge in [0.25, 0.3) is 0 Å². The highest BCUT2D eigenvalue weighted by atomic mass is 28.3. The zero-order chi connectivity index (χ0) is 20.4. The van der Waals surface area contributed by atoms with Crippen LogP contribution in [0.1, 0.15) is 11.1 Å². The fraction of sp³-hybridized carbons (Fsp3) is 0.200. The van der Waals surface area contributed by atoms with Crippen LogP contribution in [0.5, 0.6) is 0 Å². The Morgan fingerprint density at radius 2 is 1.18 bits per heavy atom. The van der Waals surface area contributed by atoms with Gasteiger partial charge in [-0.1, -0.05) is 115 Å². The van der Waals surface area contributed by atoms with E-state index in [2.05, 4.69) is 86.9 Å². The Bertz CT molecular complexity index is 929. The number of halogens is 1. The van der Waals surface area contributed by atoms with Gasteiger partial charge in [0.15, 0.2) is 0 Å². The lowest BCUT2D eigenvalue weighted by Gasteiger charge is -2.40. The van der Waals surface area contributed by atoms with Crippen LogP contribution in [0.25, 0.3) is 0 Å². The molecule has 0 aliphatic rings. The van der Waals surface area contributed by atoms with Gasteiger partial charge in [-0.15, -0.1) is 6.58 Å². The Morgan fingerprint density at radius 1 is 0.714 bits per heavy atom. The zero-order valence-corrected chi connectivity index (χ0v) is 19.2. The summed E-state index contributed by atoms with van der Waals surface area (Å²) in [6.45, 7) is 14.3. The number of hydrogen-bond donors (Lipinski definition) is 0. The summed E-state index contributed by atoms with van der Waals surface area (Å²) in [5.41, 5.74) is 1.42. The number of rotatable bonds is 6. The molecule has 0 saturated carbocycles. The Hall–Kier alpha value is -2.24. The van der Waals surface area contributed by atoms with Crippen molar-refractivity contribution in [2.75, 3.05) is 0 Å². The van der Waals surface area contributed by atoms with E-state index in [-0.39, 0.29) is 11.4 Å². The minimum absolute atomic E-state index is 0.188. The molecule has 0 bridgehead atoms. The van der Waals surface area contributed by atoms with Gasteiger partial charge in [-0.2, -0.15) is 0 Å². The van der Waals surface area contributed by atoms with Crippen molar-refractivity contribution in [1.29, 1.82) is 0 Å². The third-order valence-electron chi connectivity index (χ3n) is 6.09. The highest BCUT2D eigenvalue weighted by molar-refractivity contribution is 7.00. The lowest BCUT2D eigenvalue weighted by Crippen LogP contribution is -2.54.